The molecular formula is C11H9BrCl4N4O2. The van der Waals surface area contributed by atoms with Crippen LogP contribution in [0.1, 0.15) is 5.69 Å². The molecule has 22 heavy (non-hydrogen) atoms. The lowest BCUT2D eigenvalue weighted by Gasteiger charge is -2.01. The van der Waals surface area contributed by atoms with Crippen molar-refractivity contribution in [3.63, 3.8) is 0 Å². The van der Waals surface area contributed by atoms with E-state index in [1.165, 1.54) is 14.1 Å². The molecule has 0 amide bonds. The number of hydrogen-bond acceptors (Lipinski definition) is 4. The Labute approximate surface area is 153 Å². The van der Waals surface area contributed by atoms with Crippen molar-refractivity contribution in [3.05, 3.63) is 51.1 Å². The fraction of sp³-hybridized carbons (Fsp3) is 0.273. The molecular weight excluding hydrogens is 442 g/mol. The summed E-state index contributed by atoms with van der Waals surface area (Å²) in [6.07, 6.45) is 0. The number of hydrogen-bond donors (Lipinski definition) is 0. The van der Waals surface area contributed by atoms with Crippen molar-refractivity contribution in [2.75, 3.05) is 0 Å². The predicted octanol–water partition coefficient (Wildman–Crippen LogP) is 3.25. The highest BCUT2D eigenvalue weighted by atomic mass is 79.9. The quantitative estimate of drug-likeness (QED) is 0.617. The fourth-order valence-corrected chi connectivity index (χ4v) is 2.52. The molecule has 2 aromatic rings. The van der Waals surface area contributed by atoms with Crippen molar-refractivity contribution in [3.8, 4) is 0 Å². The van der Waals surface area contributed by atoms with Crippen molar-refractivity contribution in [2.45, 2.75) is 6.92 Å². The third kappa shape index (κ3) is 4.23. The normalized spacial score (nSPS) is 10.2. The summed E-state index contributed by atoms with van der Waals surface area (Å²) in [4.78, 5) is 22.0. The summed E-state index contributed by atoms with van der Waals surface area (Å²) in [6, 6.07) is 0. The maximum Gasteiger partial charge on any atom is 0.286 e. The molecule has 2 rings (SSSR count). The minimum absolute atomic E-state index is 0.0176. The summed E-state index contributed by atoms with van der Waals surface area (Å²) in [5.41, 5.74) is -0.221. The molecule has 0 spiro atoms. The van der Waals surface area contributed by atoms with Crippen LogP contribution < -0.4 is 11.1 Å². The van der Waals surface area contributed by atoms with Crippen LogP contribution in [0.2, 0.25) is 20.1 Å². The predicted molar refractivity (Wildman–Crippen MR) is 91.4 cm³/mol. The SMILES string of the molecule is Cc1nn(C)c(=O)c(Cl)c1Cl.Cn1nc(Br)c(Cl)c(Cl)c1=O. The summed E-state index contributed by atoms with van der Waals surface area (Å²) >= 11 is 25.4. The Morgan fingerprint density at radius 3 is 1.73 bits per heavy atom. The third-order valence-electron chi connectivity index (χ3n) is 2.39. The first kappa shape index (κ1) is 19.4. The van der Waals surface area contributed by atoms with Gasteiger partial charge in [0, 0.05) is 14.1 Å². The average Bonchev–Trinajstić information content (AvgIpc) is 2.47. The second-order valence-corrected chi connectivity index (χ2v) is 6.25. The van der Waals surface area contributed by atoms with Gasteiger partial charge >= 0.3 is 0 Å². The lowest BCUT2D eigenvalue weighted by atomic mass is 10.4. The molecule has 2 aromatic heterocycles. The Kier molecular flexibility index (Phi) is 6.88. The van der Waals surface area contributed by atoms with Gasteiger partial charge in [-0.25, -0.2) is 9.36 Å². The van der Waals surface area contributed by atoms with E-state index in [9.17, 15) is 9.59 Å². The molecule has 6 nitrogen and oxygen atoms in total. The van der Waals surface area contributed by atoms with Crippen LogP contribution >= 0.6 is 62.3 Å². The van der Waals surface area contributed by atoms with E-state index in [0.717, 1.165) is 9.36 Å². The van der Waals surface area contributed by atoms with Gasteiger partial charge in [0.1, 0.15) is 14.6 Å². The monoisotopic (exact) mass is 448 g/mol. The van der Waals surface area contributed by atoms with Crippen LogP contribution in [0.15, 0.2) is 14.2 Å². The van der Waals surface area contributed by atoms with E-state index in [-0.39, 0.29) is 25.6 Å². The standard InChI is InChI=1S/C6H6Cl2N2O.C5H3BrCl2N2O/c1-3-4(7)5(8)6(11)10(2)9-3;1-10-5(11)3(8)2(7)4(6)9-10/h1-2H3;1H3. The van der Waals surface area contributed by atoms with Crippen LogP contribution in [-0.2, 0) is 14.1 Å². The fourth-order valence-electron chi connectivity index (χ4n) is 1.26. The molecule has 0 saturated heterocycles. The summed E-state index contributed by atoms with van der Waals surface area (Å²) < 4.78 is 2.63. The number of aromatic nitrogens is 4. The number of rotatable bonds is 0. The van der Waals surface area contributed by atoms with Crippen molar-refractivity contribution in [1.29, 1.82) is 0 Å². The molecule has 0 aromatic carbocycles. The van der Waals surface area contributed by atoms with Gasteiger partial charge in [0.15, 0.2) is 0 Å². The Morgan fingerprint density at radius 2 is 1.23 bits per heavy atom. The maximum absolute atomic E-state index is 11.0. The molecule has 0 saturated carbocycles. The zero-order chi connectivity index (χ0) is 17.2. The molecule has 2 heterocycles. The molecule has 0 atom stereocenters. The minimum Gasteiger partial charge on any atom is -0.266 e. The number of nitrogens with zero attached hydrogens (tertiary/aromatic N) is 4. The maximum atomic E-state index is 11.0. The van der Waals surface area contributed by atoms with Crippen LogP contribution in [-0.4, -0.2) is 19.6 Å². The minimum atomic E-state index is -0.403. The number of aryl methyl sites for hydroxylation is 3. The van der Waals surface area contributed by atoms with E-state index in [0.29, 0.717) is 10.3 Å². The third-order valence-corrected chi connectivity index (χ3v) is 4.89. The summed E-state index contributed by atoms with van der Waals surface area (Å²) in [7, 11) is 3.02. The van der Waals surface area contributed by atoms with Gasteiger partial charge in [0.2, 0.25) is 0 Å². The molecule has 0 N–H and O–H groups in total. The van der Waals surface area contributed by atoms with Crippen LogP contribution in [0.3, 0.4) is 0 Å². The molecule has 0 aliphatic heterocycles. The van der Waals surface area contributed by atoms with Crippen LogP contribution in [0.4, 0.5) is 0 Å². The van der Waals surface area contributed by atoms with Crippen LogP contribution in [0.25, 0.3) is 0 Å². The van der Waals surface area contributed by atoms with E-state index in [1.54, 1.807) is 6.92 Å². The molecule has 0 aliphatic rings. The largest absolute Gasteiger partial charge is 0.286 e. The highest BCUT2D eigenvalue weighted by Gasteiger charge is 2.09. The first-order chi connectivity index (χ1) is 10.1. The zero-order valence-electron chi connectivity index (χ0n) is 11.5. The lowest BCUT2D eigenvalue weighted by Crippen LogP contribution is -2.21. The Bertz CT molecular complexity index is 765. The van der Waals surface area contributed by atoms with E-state index in [2.05, 4.69) is 26.1 Å². The van der Waals surface area contributed by atoms with E-state index in [4.69, 9.17) is 46.4 Å². The zero-order valence-corrected chi connectivity index (χ0v) is 16.1. The van der Waals surface area contributed by atoms with Crippen molar-refractivity contribution in [2.24, 2.45) is 14.1 Å². The lowest BCUT2D eigenvalue weighted by molar-refractivity contribution is 0.693. The van der Waals surface area contributed by atoms with Gasteiger partial charge in [-0.1, -0.05) is 46.4 Å². The van der Waals surface area contributed by atoms with E-state index < -0.39 is 5.56 Å². The van der Waals surface area contributed by atoms with Gasteiger partial charge in [-0.05, 0) is 22.9 Å². The van der Waals surface area contributed by atoms with Gasteiger partial charge < -0.3 is 0 Å². The number of halogens is 5. The summed E-state index contributed by atoms with van der Waals surface area (Å²) in [5.74, 6) is 0. The molecule has 0 fully saturated rings. The Balaban J connectivity index is 0.000000220. The second-order valence-electron chi connectivity index (χ2n) is 3.99. The second kappa shape index (κ2) is 7.79. The van der Waals surface area contributed by atoms with Gasteiger partial charge in [-0.2, -0.15) is 10.2 Å². The Morgan fingerprint density at radius 1 is 0.818 bits per heavy atom. The molecule has 0 bridgehead atoms. The van der Waals surface area contributed by atoms with Gasteiger partial charge in [-0.3, -0.25) is 9.59 Å². The Hall–Kier alpha value is -0.600. The van der Waals surface area contributed by atoms with Crippen molar-refractivity contribution >= 4 is 62.3 Å². The average molecular weight is 451 g/mol. The molecule has 11 heteroatoms. The first-order valence-corrected chi connectivity index (χ1v) is 7.85. The molecule has 0 aliphatic carbocycles. The highest BCUT2D eigenvalue weighted by molar-refractivity contribution is 9.10. The van der Waals surface area contributed by atoms with E-state index in [1.807, 2.05) is 0 Å². The van der Waals surface area contributed by atoms with Crippen LogP contribution in [0, 0.1) is 6.92 Å². The summed E-state index contributed by atoms with van der Waals surface area (Å²) in [5, 5.41) is 7.95. The topological polar surface area (TPSA) is 69.8 Å². The molecule has 0 radical (unpaired) electrons. The highest BCUT2D eigenvalue weighted by Crippen LogP contribution is 2.24. The van der Waals surface area contributed by atoms with Crippen molar-refractivity contribution in [1.82, 2.24) is 19.6 Å². The van der Waals surface area contributed by atoms with Crippen molar-refractivity contribution < 1.29 is 0 Å². The smallest absolute Gasteiger partial charge is 0.266 e. The molecule has 0 unspecified atom stereocenters. The van der Waals surface area contributed by atoms with Crippen LogP contribution in [0.5, 0.6) is 0 Å². The van der Waals surface area contributed by atoms with Gasteiger partial charge in [-0.15, -0.1) is 0 Å². The van der Waals surface area contributed by atoms with Gasteiger partial charge in [0.05, 0.1) is 15.7 Å². The summed E-state index contributed by atoms with van der Waals surface area (Å²) in [6.45, 7) is 1.69. The van der Waals surface area contributed by atoms with Gasteiger partial charge in [0.25, 0.3) is 11.1 Å². The molecule has 120 valence electrons. The van der Waals surface area contributed by atoms with E-state index >= 15 is 0 Å². The first-order valence-electron chi connectivity index (χ1n) is 5.54.